The van der Waals surface area contributed by atoms with E-state index in [1.165, 1.54) is 26.4 Å². The molecule has 1 unspecified atom stereocenters. The van der Waals surface area contributed by atoms with E-state index in [0.29, 0.717) is 5.56 Å². The van der Waals surface area contributed by atoms with Crippen LogP contribution in [0.3, 0.4) is 0 Å². The SMILES string of the molecule is COc1cc(F)cc(OC)c1C(O)CN. The van der Waals surface area contributed by atoms with Gasteiger partial charge in [0.05, 0.1) is 25.9 Å². The zero-order chi connectivity index (χ0) is 11.4. The first-order valence-electron chi connectivity index (χ1n) is 4.43. The smallest absolute Gasteiger partial charge is 0.131 e. The molecule has 4 nitrogen and oxygen atoms in total. The van der Waals surface area contributed by atoms with E-state index in [4.69, 9.17) is 15.2 Å². The first kappa shape index (κ1) is 11.7. The topological polar surface area (TPSA) is 64.7 Å². The van der Waals surface area contributed by atoms with Crippen LogP contribution in [0, 0.1) is 5.82 Å². The van der Waals surface area contributed by atoms with E-state index in [1.54, 1.807) is 0 Å². The lowest BCUT2D eigenvalue weighted by Crippen LogP contribution is -2.14. The molecule has 5 heteroatoms. The Balaban J connectivity index is 3.30. The lowest BCUT2D eigenvalue weighted by molar-refractivity contribution is 0.177. The number of benzene rings is 1. The Labute approximate surface area is 87.4 Å². The molecule has 0 radical (unpaired) electrons. The molecule has 0 heterocycles. The molecule has 15 heavy (non-hydrogen) atoms. The standard InChI is InChI=1S/C10H14FNO3/c1-14-8-3-6(11)4-9(15-2)10(8)7(13)5-12/h3-4,7,13H,5,12H2,1-2H3. The van der Waals surface area contributed by atoms with Crippen molar-refractivity contribution < 1.29 is 19.0 Å². The van der Waals surface area contributed by atoms with Crippen LogP contribution in [0.25, 0.3) is 0 Å². The largest absolute Gasteiger partial charge is 0.496 e. The summed E-state index contributed by atoms with van der Waals surface area (Å²) in [7, 11) is 2.78. The summed E-state index contributed by atoms with van der Waals surface area (Å²) in [6.45, 7) is 0.0123. The highest BCUT2D eigenvalue weighted by Crippen LogP contribution is 2.34. The Morgan fingerprint density at radius 3 is 2.13 bits per heavy atom. The molecular weight excluding hydrogens is 201 g/mol. The summed E-state index contributed by atoms with van der Waals surface area (Å²) >= 11 is 0. The number of ether oxygens (including phenoxy) is 2. The number of aliphatic hydroxyl groups excluding tert-OH is 1. The van der Waals surface area contributed by atoms with Gasteiger partial charge in [-0.1, -0.05) is 0 Å². The van der Waals surface area contributed by atoms with Crippen LogP contribution in [0.4, 0.5) is 4.39 Å². The maximum atomic E-state index is 13.1. The van der Waals surface area contributed by atoms with E-state index in [9.17, 15) is 9.50 Å². The number of hydrogen-bond donors (Lipinski definition) is 2. The van der Waals surface area contributed by atoms with Gasteiger partial charge in [-0.15, -0.1) is 0 Å². The third kappa shape index (κ3) is 2.37. The third-order valence-electron chi connectivity index (χ3n) is 2.07. The van der Waals surface area contributed by atoms with Gasteiger partial charge >= 0.3 is 0 Å². The second kappa shape index (κ2) is 4.95. The Hall–Kier alpha value is -1.33. The number of hydrogen-bond acceptors (Lipinski definition) is 4. The fourth-order valence-electron chi connectivity index (χ4n) is 1.35. The van der Waals surface area contributed by atoms with Gasteiger partial charge in [0.25, 0.3) is 0 Å². The van der Waals surface area contributed by atoms with Crippen LogP contribution >= 0.6 is 0 Å². The number of rotatable bonds is 4. The van der Waals surface area contributed by atoms with E-state index >= 15 is 0 Å². The first-order chi connectivity index (χ1) is 7.13. The van der Waals surface area contributed by atoms with E-state index in [-0.39, 0.29) is 18.0 Å². The van der Waals surface area contributed by atoms with E-state index in [2.05, 4.69) is 0 Å². The van der Waals surface area contributed by atoms with Crippen molar-refractivity contribution >= 4 is 0 Å². The molecule has 3 N–H and O–H groups in total. The van der Waals surface area contributed by atoms with E-state index in [0.717, 1.165) is 0 Å². The minimum Gasteiger partial charge on any atom is -0.496 e. The van der Waals surface area contributed by atoms with Crippen LogP contribution in [0.1, 0.15) is 11.7 Å². The highest BCUT2D eigenvalue weighted by molar-refractivity contribution is 5.47. The van der Waals surface area contributed by atoms with E-state index < -0.39 is 11.9 Å². The van der Waals surface area contributed by atoms with Crippen molar-refractivity contribution in [3.63, 3.8) is 0 Å². The van der Waals surface area contributed by atoms with Gasteiger partial charge in [0.15, 0.2) is 0 Å². The van der Waals surface area contributed by atoms with Gasteiger partial charge in [-0.05, 0) is 0 Å². The summed E-state index contributed by atoms with van der Waals surface area (Å²) in [6, 6.07) is 2.35. The lowest BCUT2D eigenvalue weighted by atomic mass is 10.1. The maximum Gasteiger partial charge on any atom is 0.131 e. The third-order valence-corrected chi connectivity index (χ3v) is 2.07. The molecule has 0 bridgehead atoms. The van der Waals surface area contributed by atoms with Crippen LogP contribution in [0.2, 0.25) is 0 Å². The van der Waals surface area contributed by atoms with Gasteiger partial charge in [-0.2, -0.15) is 0 Å². The molecule has 1 aromatic carbocycles. The molecule has 0 aliphatic heterocycles. The van der Waals surface area contributed by atoms with Gasteiger partial charge in [0, 0.05) is 18.7 Å². The molecule has 0 amide bonds. The van der Waals surface area contributed by atoms with Gasteiger partial charge in [0.1, 0.15) is 17.3 Å². The average molecular weight is 215 g/mol. The Morgan fingerprint density at radius 1 is 1.33 bits per heavy atom. The van der Waals surface area contributed by atoms with Crippen LogP contribution < -0.4 is 15.2 Å². The molecule has 1 atom stereocenters. The molecule has 0 aromatic heterocycles. The second-order valence-electron chi connectivity index (χ2n) is 2.98. The van der Waals surface area contributed by atoms with Crippen LogP contribution in [0.15, 0.2) is 12.1 Å². The molecule has 0 spiro atoms. The van der Waals surface area contributed by atoms with Crippen molar-refractivity contribution in [2.45, 2.75) is 6.10 Å². The zero-order valence-corrected chi connectivity index (χ0v) is 8.66. The van der Waals surface area contributed by atoms with Crippen molar-refractivity contribution in [1.29, 1.82) is 0 Å². The van der Waals surface area contributed by atoms with E-state index in [1.807, 2.05) is 0 Å². The van der Waals surface area contributed by atoms with Crippen molar-refractivity contribution in [3.8, 4) is 11.5 Å². The fraction of sp³-hybridized carbons (Fsp3) is 0.400. The van der Waals surface area contributed by atoms with Gasteiger partial charge < -0.3 is 20.3 Å². The summed E-state index contributed by atoms with van der Waals surface area (Å²) in [5.74, 6) is -0.0359. The molecule has 0 fully saturated rings. The lowest BCUT2D eigenvalue weighted by Gasteiger charge is -2.16. The highest BCUT2D eigenvalue weighted by atomic mass is 19.1. The molecule has 84 valence electrons. The van der Waals surface area contributed by atoms with Crippen LogP contribution in [-0.2, 0) is 0 Å². The summed E-state index contributed by atoms with van der Waals surface area (Å²) < 4.78 is 23.0. The molecule has 0 aliphatic rings. The fourth-order valence-corrected chi connectivity index (χ4v) is 1.35. The average Bonchev–Trinajstić information content (AvgIpc) is 2.26. The molecule has 1 aromatic rings. The minimum atomic E-state index is -0.935. The number of aliphatic hydroxyl groups is 1. The van der Waals surface area contributed by atoms with Gasteiger partial charge in [0.2, 0.25) is 0 Å². The summed E-state index contributed by atoms with van der Waals surface area (Å²) in [4.78, 5) is 0. The summed E-state index contributed by atoms with van der Waals surface area (Å²) in [6.07, 6.45) is -0.935. The number of halogens is 1. The zero-order valence-electron chi connectivity index (χ0n) is 8.66. The number of nitrogens with two attached hydrogens (primary N) is 1. The van der Waals surface area contributed by atoms with Crippen molar-refractivity contribution in [2.24, 2.45) is 5.73 Å². The van der Waals surface area contributed by atoms with Crippen LogP contribution in [-0.4, -0.2) is 25.9 Å². The van der Waals surface area contributed by atoms with Crippen molar-refractivity contribution in [2.75, 3.05) is 20.8 Å². The molecule has 0 saturated heterocycles. The normalized spacial score (nSPS) is 12.3. The Morgan fingerprint density at radius 2 is 1.80 bits per heavy atom. The predicted octanol–water partition coefficient (Wildman–Crippen LogP) is 0.835. The van der Waals surface area contributed by atoms with Crippen molar-refractivity contribution in [1.82, 2.24) is 0 Å². The quantitative estimate of drug-likeness (QED) is 0.781. The molecular formula is C10H14FNO3. The highest BCUT2D eigenvalue weighted by Gasteiger charge is 2.19. The second-order valence-corrected chi connectivity index (χ2v) is 2.98. The minimum absolute atomic E-state index is 0.0123. The monoisotopic (exact) mass is 215 g/mol. The van der Waals surface area contributed by atoms with Crippen molar-refractivity contribution in [3.05, 3.63) is 23.5 Å². The Kier molecular flexibility index (Phi) is 3.88. The summed E-state index contributed by atoms with van der Waals surface area (Å²) in [5.41, 5.74) is 5.70. The maximum absolute atomic E-state index is 13.1. The summed E-state index contributed by atoms with van der Waals surface area (Å²) in [5, 5.41) is 9.64. The molecule has 0 aliphatic carbocycles. The molecule has 1 rings (SSSR count). The predicted molar refractivity (Wildman–Crippen MR) is 53.5 cm³/mol. The van der Waals surface area contributed by atoms with Gasteiger partial charge in [-0.25, -0.2) is 4.39 Å². The number of methoxy groups -OCH3 is 2. The Bertz CT molecular complexity index is 318. The van der Waals surface area contributed by atoms with Crippen LogP contribution in [0.5, 0.6) is 11.5 Å². The first-order valence-corrected chi connectivity index (χ1v) is 4.43. The molecule has 0 saturated carbocycles. The van der Waals surface area contributed by atoms with Gasteiger partial charge in [-0.3, -0.25) is 0 Å².